The number of furan rings is 1. The van der Waals surface area contributed by atoms with E-state index >= 15 is 0 Å². The second-order valence-electron chi connectivity index (χ2n) is 5.93. The fourth-order valence-electron chi connectivity index (χ4n) is 2.59. The third-order valence-corrected chi connectivity index (χ3v) is 4.77. The predicted octanol–water partition coefficient (Wildman–Crippen LogP) is 4.76. The molecule has 0 saturated carbocycles. The number of ether oxygens (including phenoxy) is 1. The quantitative estimate of drug-likeness (QED) is 0.518. The molecule has 3 aromatic rings. The Labute approximate surface area is 170 Å². The lowest BCUT2D eigenvalue weighted by atomic mass is 10.3. The molecule has 0 spiro atoms. The van der Waals surface area contributed by atoms with Crippen molar-refractivity contribution in [3.8, 4) is 5.75 Å². The zero-order chi connectivity index (χ0) is 19.4. The molecule has 0 saturated heterocycles. The fourth-order valence-corrected chi connectivity index (χ4v) is 3.32. The van der Waals surface area contributed by atoms with Gasteiger partial charge in [-0.05, 0) is 43.3 Å². The van der Waals surface area contributed by atoms with Gasteiger partial charge < -0.3 is 14.1 Å². The van der Waals surface area contributed by atoms with Crippen LogP contribution in [0.2, 0.25) is 5.02 Å². The number of aryl methyl sites for hydroxylation is 1. The van der Waals surface area contributed by atoms with Crippen LogP contribution in [0.15, 0.2) is 51.5 Å². The van der Waals surface area contributed by atoms with Crippen LogP contribution in [0.5, 0.6) is 5.75 Å². The van der Waals surface area contributed by atoms with Gasteiger partial charge in [-0.2, -0.15) is 5.10 Å². The van der Waals surface area contributed by atoms with Gasteiger partial charge in [0, 0.05) is 24.3 Å². The molecule has 0 atom stereocenters. The van der Waals surface area contributed by atoms with Gasteiger partial charge in [0.25, 0.3) is 5.91 Å². The van der Waals surface area contributed by atoms with Crippen molar-refractivity contribution in [2.45, 2.75) is 26.6 Å². The Kier molecular flexibility index (Phi) is 6.23. The summed E-state index contributed by atoms with van der Waals surface area (Å²) in [4.78, 5) is 14.2. The molecule has 1 amide bonds. The van der Waals surface area contributed by atoms with Crippen molar-refractivity contribution in [1.29, 1.82) is 0 Å². The second-order valence-corrected chi connectivity index (χ2v) is 7.25. The molecule has 0 aliphatic carbocycles. The summed E-state index contributed by atoms with van der Waals surface area (Å²) in [7, 11) is 1.73. The van der Waals surface area contributed by atoms with Crippen molar-refractivity contribution in [2.75, 3.05) is 7.05 Å². The van der Waals surface area contributed by atoms with E-state index in [-0.39, 0.29) is 18.3 Å². The summed E-state index contributed by atoms with van der Waals surface area (Å²) in [6.45, 7) is 3.40. The molecule has 3 rings (SSSR count). The van der Waals surface area contributed by atoms with Gasteiger partial charge >= 0.3 is 0 Å². The molecule has 0 aliphatic rings. The van der Waals surface area contributed by atoms with E-state index in [1.54, 1.807) is 42.4 Å². The maximum absolute atomic E-state index is 12.6. The normalized spacial score (nSPS) is 10.8. The van der Waals surface area contributed by atoms with E-state index in [9.17, 15) is 4.79 Å². The summed E-state index contributed by atoms with van der Waals surface area (Å²) in [5.74, 6) is 1.16. The first kappa shape index (κ1) is 19.5. The van der Waals surface area contributed by atoms with E-state index in [4.69, 9.17) is 20.8 Å². The topological polar surface area (TPSA) is 60.5 Å². The summed E-state index contributed by atoms with van der Waals surface area (Å²) in [5.41, 5.74) is 0.966. The van der Waals surface area contributed by atoms with Gasteiger partial charge in [-0.15, -0.1) is 0 Å². The highest BCUT2D eigenvalue weighted by atomic mass is 79.9. The largest absolute Gasteiger partial charge is 0.484 e. The smallest absolute Gasteiger partial charge is 0.289 e. The monoisotopic (exact) mass is 451 g/mol. The minimum Gasteiger partial charge on any atom is -0.484 e. The molecule has 6 nitrogen and oxygen atoms in total. The standard InChI is InChI=1S/C19H19BrClN3O3/c1-3-24-14(8-9-22-24)11-23(2)19(25)18-7-5-15(27-18)12-26-17-6-4-13(20)10-16(17)21/h4-10H,3,11-12H2,1-2H3. The number of amides is 1. The van der Waals surface area contributed by atoms with Crippen molar-refractivity contribution in [2.24, 2.45) is 0 Å². The molecule has 0 bridgehead atoms. The second kappa shape index (κ2) is 8.63. The molecule has 0 aliphatic heterocycles. The van der Waals surface area contributed by atoms with Crippen molar-refractivity contribution in [3.63, 3.8) is 0 Å². The molecule has 0 unspecified atom stereocenters. The van der Waals surface area contributed by atoms with Gasteiger partial charge in [0.05, 0.1) is 17.3 Å². The predicted molar refractivity (Wildman–Crippen MR) is 106 cm³/mol. The zero-order valence-corrected chi connectivity index (χ0v) is 17.3. The molecular weight excluding hydrogens is 434 g/mol. The number of carbonyl (C=O) groups excluding carboxylic acids is 1. The number of nitrogens with zero attached hydrogens (tertiary/aromatic N) is 3. The van der Waals surface area contributed by atoms with E-state index in [2.05, 4.69) is 21.0 Å². The highest BCUT2D eigenvalue weighted by Crippen LogP contribution is 2.28. The minimum absolute atomic E-state index is 0.181. The number of halogens is 2. The van der Waals surface area contributed by atoms with Crippen LogP contribution in [0, 0.1) is 0 Å². The maximum Gasteiger partial charge on any atom is 0.289 e. The zero-order valence-electron chi connectivity index (χ0n) is 15.0. The minimum atomic E-state index is -0.202. The average molecular weight is 453 g/mol. The number of aromatic nitrogens is 2. The van der Waals surface area contributed by atoms with Crippen molar-refractivity contribution in [1.82, 2.24) is 14.7 Å². The first-order chi connectivity index (χ1) is 13.0. The number of rotatable bonds is 7. The number of benzene rings is 1. The highest BCUT2D eigenvalue weighted by Gasteiger charge is 2.18. The Bertz CT molecular complexity index is 938. The molecule has 2 heterocycles. The molecule has 8 heteroatoms. The van der Waals surface area contributed by atoms with E-state index in [1.165, 1.54) is 0 Å². The van der Waals surface area contributed by atoms with Crippen LogP contribution >= 0.6 is 27.5 Å². The Morgan fingerprint density at radius 1 is 1.33 bits per heavy atom. The first-order valence-electron chi connectivity index (χ1n) is 8.40. The van der Waals surface area contributed by atoms with Crippen molar-refractivity contribution >= 4 is 33.4 Å². The third kappa shape index (κ3) is 4.73. The van der Waals surface area contributed by atoms with Gasteiger partial charge in [0.2, 0.25) is 0 Å². The lowest BCUT2D eigenvalue weighted by molar-refractivity contribution is 0.0745. The third-order valence-electron chi connectivity index (χ3n) is 3.99. The Hall–Kier alpha value is -2.25. The van der Waals surface area contributed by atoms with Crippen molar-refractivity contribution < 1.29 is 13.9 Å². The highest BCUT2D eigenvalue weighted by molar-refractivity contribution is 9.10. The fraction of sp³-hybridized carbons (Fsp3) is 0.263. The molecular formula is C19H19BrClN3O3. The van der Waals surface area contributed by atoms with E-state index in [0.29, 0.717) is 23.1 Å². The van der Waals surface area contributed by atoms with Gasteiger partial charge in [-0.1, -0.05) is 27.5 Å². The van der Waals surface area contributed by atoms with Gasteiger partial charge in [0.15, 0.2) is 5.76 Å². The van der Waals surface area contributed by atoms with E-state index in [1.807, 2.05) is 23.7 Å². The van der Waals surface area contributed by atoms with Crippen LogP contribution in [0.25, 0.3) is 0 Å². The van der Waals surface area contributed by atoms with Gasteiger partial charge in [-0.25, -0.2) is 0 Å². The van der Waals surface area contributed by atoms with E-state index < -0.39 is 0 Å². The Morgan fingerprint density at radius 2 is 2.15 bits per heavy atom. The van der Waals surface area contributed by atoms with Crippen LogP contribution < -0.4 is 4.74 Å². The Morgan fingerprint density at radius 3 is 2.89 bits per heavy atom. The molecule has 27 heavy (non-hydrogen) atoms. The number of hydrogen-bond donors (Lipinski definition) is 0. The molecule has 142 valence electrons. The lowest BCUT2D eigenvalue weighted by Crippen LogP contribution is -2.27. The SMILES string of the molecule is CCn1nccc1CN(C)C(=O)c1ccc(COc2ccc(Br)cc2Cl)o1. The van der Waals surface area contributed by atoms with Crippen LogP contribution in [-0.2, 0) is 19.7 Å². The van der Waals surface area contributed by atoms with E-state index in [0.717, 1.165) is 16.7 Å². The van der Waals surface area contributed by atoms with Crippen molar-refractivity contribution in [3.05, 3.63) is 69.3 Å². The van der Waals surface area contributed by atoms with Crippen LogP contribution in [0.4, 0.5) is 0 Å². The molecule has 2 aromatic heterocycles. The van der Waals surface area contributed by atoms with Gasteiger partial charge in [-0.3, -0.25) is 9.48 Å². The summed E-state index contributed by atoms with van der Waals surface area (Å²) in [6, 6.07) is 10.6. The average Bonchev–Trinajstić information content (AvgIpc) is 3.29. The first-order valence-corrected chi connectivity index (χ1v) is 9.57. The summed E-state index contributed by atoms with van der Waals surface area (Å²) in [6.07, 6.45) is 1.73. The summed E-state index contributed by atoms with van der Waals surface area (Å²) in [5, 5.41) is 4.71. The van der Waals surface area contributed by atoms with Crippen LogP contribution in [0.1, 0.15) is 28.9 Å². The molecule has 0 radical (unpaired) electrons. The van der Waals surface area contributed by atoms with Gasteiger partial charge in [0.1, 0.15) is 18.1 Å². The lowest BCUT2D eigenvalue weighted by Gasteiger charge is -2.16. The Balaban J connectivity index is 1.61. The maximum atomic E-state index is 12.6. The summed E-state index contributed by atoms with van der Waals surface area (Å²) < 4.78 is 14.0. The van der Waals surface area contributed by atoms with Crippen LogP contribution in [0.3, 0.4) is 0 Å². The molecule has 0 fully saturated rings. The molecule has 1 aromatic carbocycles. The molecule has 0 N–H and O–H groups in total. The summed E-state index contributed by atoms with van der Waals surface area (Å²) >= 11 is 9.48. The van der Waals surface area contributed by atoms with Crippen LogP contribution in [-0.4, -0.2) is 27.6 Å². The number of carbonyl (C=O) groups is 1. The number of hydrogen-bond acceptors (Lipinski definition) is 4.